The van der Waals surface area contributed by atoms with Crippen LogP contribution < -0.4 is 0 Å². The summed E-state index contributed by atoms with van der Waals surface area (Å²) in [7, 11) is -1.39. The number of hydrogen-bond acceptors (Lipinski definition) is 2. The lowest BCUT2D eigenvalue weighted by molar-refractivity contribution is -0.113. The SMILES string of the molecule is C=C(CC(=O)/C=C/c1ccco1)[Si](C)(C)C. The standard InChI is InChI=1S/C13H18O2Si/c1-11(16(2,3)4)10-12(14)7-8-13-6-5-9-15-13/h5-9H,1,10H2,2-4H3/b8-7+. The van der Waals surface area contributed by atoms with Crippen LogP contribution in [0.25, 0.3) is 6.08 Å². The maximum absolute atomic E-state index is 11.6. The van der Waals surface area contributed by atoms with Crippen molar-refractivity contribution < 1.29 is 9.21 Å². The van der Waals surface area contributed by atoms with Gasteiger partial charge in [0.15, 0.2) is 5.78 Å². The molecule has 86 valence electrons. The van der Waals surface area contributed by atoms with Gasteiger partial charge in [0.1, 0.15) is 5.76 Å². The lowest BCUT2D eigenvalue weighted by atomic mass is 10.2. The topological polar surface area (TPSA) is 30.2 Å². The summed E-state index contributed by atoms with van der Waals surface area (Å²) in [4.78, 5) is 11.6. The summed E-state index contributed by atoms with van der Waals surface area (Å²) in [5.74, 6) is 0.788. The van der Waals surface area contributed by atoms with Crippen LogP contribution in [0.15, 0.2) is 40.7 Å². The fourth-order valence-electron chi connectivity index (χ4n) is 1.10. The Hall–Kier alpha value is -1.35. The van der Waals surface area contributed by atoms with E-state index in [1.807, 2.05) is 6.07 Å². The van der Waals surface area contributed by atoms with Crippen molar-refractivity contribution in [2.75, 3.05) is 0 Å². The Morgan fingerprint density at radius 3 is 2.69 bits per heavy atom. The van der Waals surface area contributed by atoms with Gasteiger partial charge in [0, 0.05) is 6.42 Å². The van der Waals surface area contributed by atoms with Gasteiger partial charge in [-0.2, -0.15) is 0 Å². The highest BCUT2D eigenvalue weighted by atomic mass is 28.3. The van der Waals surface area contributed by atoms with Gasteiger partial charge in [-0.15, -0.1) is 6.58 Å². The molecular formula is C13H18O2Si. The van der Waals surface area contributed by atoms with Crippen molar-refractivity contribution >= 4 is 19.9 Å². The van der Waals surface area contributed by atoms with E-state index in [4.69, 9.17) is 4.42 Å². The molecule has 0 atom stereocenters. The lowest BCUT2D eigenvalue weighted by Crippen LogP contribution is -2.24. The van der Waals surface area contributed by atoms with E-state index in [0.29, 0.717) is 12.2 Å². The molecule has 0 saturated carbocycles. The molecule has 0 bridgehead atoms. The van der Waals surface area contributed by atoms with Crippen molar-refractivity contribution in [3.05, 3.63) is 42.0 Å². The average molecular weight is 234 g/mol. The Morgan fingerprint density at radius 1 is 1.50 bits per heavy atom. The van der Waals surface area contributed by atoms with Crippen molar-refractivity contribution in [3.63, 3.8) is 0 Å². The van der Waals surface area contributed by atoms with Gasteiger partial charge < -0.3 is 4.42 Å². The maximum atomic E-state index is 11.6. The molecule has 2 nitrogen and oxygen atoms in total. The molecule has 0 spiro atoms. The minimum Gasteiger partial charge on any atom is -0.465 e. The van der Waals surface area contributed by atoms with Crippen LogP contribution >= 0.6 is 0 Å². The summed E-state index contributed by atoms with van der Waals surface area (Å²) >= 11 is 0. The van der Waals surface area contributed by atoms with Crippen LogP contribution in [-0.4, -0.2) is 13.9 Å². The zero-order valence-electron chi connectivity index (χ0n) is 10.1. The molecule has 0 fully saturated rings. The van der Waals surface area contributed by atoms with Crippen molar-refractivity contribution in [2.45, 2.75) is 26.1 Å². The first kappa shape index (κ1) is 12.7. The molecular weight excluding hydrogens is 216 g/mol. The van der Waals surface area contributed by atoms with Crippen LogP contribution in [0.3, 0.4) is 0 Å². The molecule has 16 heavy (non-hydrogen) atoms. The molecule has 0 saturated heterocycles. The van der Waals surface area contributed by atoms with E-state index in [0.717, 1.165) is 5.20 Å². The zero-order valence-corrected chi connectivity index (χ0v) is 11.1. The highest BCUT2D eigenvalue weighted by Crippen LogP contribution is 2.16. The summed E-state index contributed by atoms with van der Waals surface area (Å²) in [5.41, 5.74) is 0. The van der Waals surface area contributed by atoms with E-state index < -0.39 is 8.07 Å². The van der Waals surface area contributed by atoms with E-state index in [1.54, 1.807) is 24.5 Å². The zero-order chi connectivity index (χ0) is 12.2. The van der Waals surface area contributed by atoms with Crippen LogP contribution in [0, 0.1) is 0 Å². The van der Waals surface area contributed by atoms with Crippen molar-refractivity contribution in [2.24, 2.45) is 0 Å². The Kier molecular flexibility index (Phi) is 4.07. The number of rotatable bonds is 5. The monoisotopic (exact) mass is 234 g/mol. The van der Waals surface area contributed by atoms with E-state index in [9.17, 15) is 4.79 Å². The Morgan fingerprint density at radius 2 is 2.19 bits per heavy atom. The minimum absolute atomic E-state index is 0.0869. The summed E-state index contributed by atoms with van der Waals surface area (Å²) in [6.45, 7) is 10.6. The van der Waals surface area contributed by atoms with Crippen LogP contribution in [0.2, 0.25) is 19.6 Å². The number of furan rings is 1. The first-order valence-electron chi connectivity index (χ1n) is 5.32. The molecule has 0 aliphatic rings. The Balaban J connectivity index is 2.52. The molecule has 0 aliphatic heterocycles. The third kappa shape index (κ3) is 4.02. The van der Waals surface area contributed by atoms with Gasteiger partial charge in [-0.3, -0.25) is 4.79 Å². The van der Waals surface area contributed by atoms with Gasteiger partial charge >= 0.3 is 0 Å². The van der Waals surface area contributed by atoms with E-state index in [2.05, 4.69) is 26.2 Å². The van der Waals surface area contributed by atoms with E-state index in [1.165, 1.54) is 0 Å². The predicted molar refractivity (Wildman–Crippen MR) is 69.9 cm³/mol. The molecule has 1 rings (SSSR count). The second-order valence-electron chi connectivity index (χ2n) is 4.85. The quantitative estimate of drug-likeness (QED) is 0.574. The van der Waals surface area contributed by atoms with Gasteiger partial charge in [0.25, 0.3) is 0 Å². The van der Waals surface area contributed by atoms with Crippen molar-refractivity contribution in [1.82, 2.24) is 0 Å². The molecule has 0 N–H and O–H groups in total. The number of carbonyl (C=O) groups is 1. The first-order valence-corrected chi connectivity index (χ1v) is 8.82. The van der Waals surface area contributed by atoms with Crippen molar-refractivity contribution in [1.29, 1.82) is 0 Å². The smallest absolute Gasteiger partial charge is 0.159 e. The van der Waals surface area contributed by atoms with Crippen molar-refractivity contribution in [3.8, 4) is 0 Å². The average Bonchev–Trinajstić information content (AvgIpc) is 2.65. The normalized spacial score (nSPS) is 11.9. The molecule has 3 heteroatoms. The predicted octanol–water partition coefficient (Wildman–Crippen LogP) is 3.69. The molecule has 1 aromatic rings. The Bertz CT molecular complexity index is 394. The largest absolute Gasteiger partial charge is 0.465 e. The summed E-state index contributed by atoms with van der Waals surface area (Å²) < 4.78 is 5.10. The number of carbonyl (C=O) groups excluding carboxylic acids is 1. The third-order valence-corrected chi connectivity index (χ3v) is 4.72. The number of allylic oxidation sites excluding steroid dienone is 2. The summed E-state index contributed by atoms with van der Waals surface area (Å²) in [5, 5.41) is 1.08. The van der Waals surface area contributed by atoms with Crippen LogP contribution in [0.4, 0.5) is 0 Å². The highest BCUT2D eigenvalue weighted by molar-refractivity contribution is 6.83. The van der Waals surface area contributed by atoms with Gasteiger partial charge in [-0.1, -0.05) is 24.8 Å². The van der Waals surface area contributed by atoms with Gasteiger partial charge in [-0.05, 0) is 24.3 Å². The van der Waals surface area contributed by atoms with Gasteiger partial charge in [0.05, 0.1) is 14.3 Å². The first-order chi connectivity index (χ1) is 7.39. The fraction of sp³-hybridized carbons (Fsp3) is 0.308. The lowest BCUT2D eigenvalue weighted by Gasteiger charge is -2.18. The number of hydrogen-bond donors (Lipinski definition) is 0. The van der Waals surface area contributed by atoms with Crippen LogP contribution in [-0.2, 0) is 4.79 Å². The minimum atomic E-state index is -1.39. The molecule has 0 aliphatic carbocycles. The maximum Gasteiger partial charge on any atom is 0.159 e. The molecule has 1 aromatic heterocycles. The molecule has 0 radical (unpaired) electrons. The third-order valence-electron chi connectivity index (χ3n) is 2.42. The highest BCUT2D eigenvalue weighted by Gasteiger charge is 2.18. The molecule has 0 amide bonds. The second-order valence-corrected chi connectivity index (χ2v) is 10.1. The number of ketones is 1. The summed E-state index contributed by atoms with van der Waals surface area (Å²) in [6, 6.07) is 3.61. The van der Waals surface area contributed by atoms with E-state index >= 15 is 0 Å². The summed E-state index contributed by atoms with van der Waals surface area (Å²) in [6.07, 6.45) is 5.29. The van der Waals surface area contributed by atoms with Crippen LogP contribution in [0.5, 0.6) is 0 Å². The molecule has 0 unspecified atom stereocenters. The second kappa shape index (κ2) is 5.12. The van der Waals surface area contributed by atoms with Gasteiger partial charge in [0.2, 0.25) is 0 Å². The van der Waals surface area contributed by atoms with Gasteiger partial charge in [-0.25, -0.2) is 0 Å². The molecule has 1 heterocycles. The van der Waals surface area contributed by atoms with E-state index in [-0.39, 0.29) is 5.78 Å². The Labute approximate surface area is 97.7 Å². The molecule has 0 aromatic carbocycles. The fourth-order valence-corrected chi connectivity index (χ4v) is 1.80. The van der Waals surface area contributed by atoms with Crippen LogP contribution in [0.1, 0.15) is 12.2 Å².